The maximum atomic E-state index is 4.37. The van der Waals surface area contributed by atoms with Gasteiger partial charge in [0.1, 0.15) is 0 Å². The SMILES string of the molecule is Cc1cc(-c2ccccc2)nnc1-c1ccccc1. The second-order valence-corrected chi connectivity index (χ2v) is 4.49. The highest BCUT2D eigenvalue weighted by molar-refractivity contribution is 5.66. The zero-order chi connectivity index (χ0) is 13.1. The third-order valence-corrected chi connectivity index (χ3v) is 3.10. The van der Waals surface area contributed by atoms with Crippen molar-refractivity contribution in [3.05, 3.63) is 72.3 Å². The van der Waals surface area contributed by atoms with E-state index in [0.29, 0.717) is 0 Å². The van der Waals surface area contributed by atoms with E-state index in [2.05, 4.69) is 35.3 Å². The molecular weight excluding hydrogens is 232 g/mol. The van der Waals surface area contributed by atoms with Gasteiger partial charge in [-0.25, -0.2) is 0 Å². The minimum Gasteiger partial charge on any atom is -0.150 e. The van der Waals surface area contributed by atoms with E-state index in [1.54, 1.807) is 0 Å². The fourth-order valence-corrected chi connectivity index (χ4v) is 2.12. The van der Waals surface area contributed by atoms with Crippen LogP contribution < -0.4 is 0 Å². The van der Waals surface area contributed by atoms with Gasteiger partial charge in [0.25, 0.3) is 0 Å². The standard InChI is InChI=1S/C17H14N2/c1-13-12-16(14-8-4-2-5-9-14)18-19-17(13)15-10-6-3-7-11-15/h2-12H,1H3. The van der Waals surface area contributed by atoms with E-state index >= 15 is 0 Å². The molecular formula is C17H14N2. The van der Waals surface area contributed by atoms with Gasteiger partial charge < -0.3 is 0 Å². The first-order valence-electron chi connectivity index (χ1n) is 6.30. The molecule has 0 N–H and O–H groups in total. The topological polar surface area (TPSA) is 25.8 Å². The molecule has 0 aliphatic carbocycles. The smallest absolute Gasteiger partial charge is 0.0959 e. The van der Waals surface area contributed by atoms with E-state index in [1.165, 1.54) is 0 Å². The Balaban J connectivity index is 2.04. The first kappa shape index (κ1) is 11.6. The van der Waals surface area contributed by atoms with Crippen LogP contribution >= 0.6 is 0 Å². The Kier molecular flexibility index (Phi) is 3.07. The van der Waals surface area contributed by atoms with Gasteiger partial charge in [-0.3, -0.25) is 0 Å². The summed E-state index contributed by atoms with van der Waals surface area (Å²) in [6.45, 7) is 2.07. The van der Waals surface area contributed by atoms with Crippen molar-refractivity contribution in [2.24, 2.45) is 0 Å². The van der Waals surface area contributed by atoms with Crippen LogP contribution in [0.4, 0.5) is 0 Å². The molecule has 0 spiro atoms. The lowest BCUT2D eigenvalue weighted by molar-refractivity contribution is 1.03. The Hall–Kier alpha value is -2.48. The van der Waals surface area contributed by atoms with Gasteiger partial charge in [0.15, 0.2) is 0 Å². The number of nitrogens with zero attached hydrogens (tertiary/aromatic N) is 2. The number of benzene rings is 2. The van der Waals surface area contributed by atoms with Crippen molar-refractivity contribution in [1.29, 1.82) is 0 Å². The third kappa shape index (κ3) is 2.38. The molecule has 0 aliphatic heterocycles. The molecule has 0 radical (unpaired) electrons. The molecule has 0 atom stereocenters. The predicted octanol–water partition coefficient (Wildman–Crippen LogP) is 4.12. The van der Waals surface area contributed by atoms with Crippen molar-refractivity contribution in [3.8, 4) is 22.5 Å². The van der Waals surface area contributed by atoms with Crippen LogP contribution in [0.1, 0.15) is 5.56 Å². The molecule has 2 aromatic carbocycles. The molecule has 0 fully saturated rings. The van der Waals surface area contributed by atoms with Crippen molar-refractivity contribution in [2.75, 3.05) is 0 Å². The van der Waals surface area contributed by atoms with Crippen molar-refractivity contribution in [3.63, 3.8) is 0 Å². The summed E-state index contributed by atoms with van der Waals surface area (Å²) in [5.74, 6) is 0. The first-order valence-corrected chi connectivity index (χ1v) is 6.30. The fraction of sp³-hybridized carbons (Fsp3) is 0.0588. The number of rotatable bonds is 2. The monoisotopic (exact) mass is 246 g/mol. The average Bonchev–Trinajstić information content (AvgIpc) is 2.49. The molecule has 0 amide bonds. The molecule has 1 aromatic heterocycles. The quantitative estimate of drug-likeness (QED) is 0.679. The second-order valence-electron chi connectivity index (χ2n) is 4.49. The summed E-state index contributed by atoms with van der Waals surface area (Å²) in [6, 6.07) is 22.4. The molecule has 0 aliphatic rings. The van der Waals surface area contributed by atoms with Gasteiger partial charge >= 0.3 is 0 Å². The minimum atomic E-state index is 0.915. The molecule has 19 heavy (non-hydrogen) atoms. The van der Waals surface area contributed by atoms with Crippen LogP contribution in [0.15, 0.2) is 66.7 Å². The number of hydrogen-bond acceptors (Lipinski definition) is 2. The Morgan fingerprint density at radius 3 is 1.84 bits per heavy atom. The summed E-state index contributed by atoms with van der Waals surface area (Å²) >= 11 is 0. The van der Waals surface area contributed by atoms with Gasteiger partial charge in [-0.2, -0.15) is 0 Å². The summed E-state index contributed by atoms with van der Waals surface area (Å²) in [4.78, 5) is 0. The van der Waals surface area contributed by atoms with E-state index in [9.17, 15) is 0 Å². The zero-order valence-electron chi connectivity index (χ0n) is 10.7. The van der Waals surface area contributed by atoms with Crippen molar-refractivity contribution < 1.29 is 0 Å². The maximum absolute atomic E-state index is 4.37. The molecule has 2 nitrogen and oxygen atoms in total. The van der Waals surface area contributed by atoms with E-state index in [-0.39, 0.29) is 0 Å². The Bertz CT molecular complexity index is 676. The lowest BCUT2D eigenvalue weighted by atomic mass is 10.1. The summed E-state index contributed by atoms with van der Waals surface area (Å²) in [5, 5.41) is 8.71. The lowest BCUT2D eigenvalue weighted by Crippen LogP contribution is -1.94. The van der Waals surface area contributed by atoms with Crippen LogP contribution in [0.5, 0.6) is 0 Å². The van der Waals surface area contributed by atoms with Crippen LogP contribution in [0, 0.1) is 6.92 Å². The van der Waals surface area contributed by atoms with E-state index in [4.69, 9.17) is 0 Å². The molecule has 3 rings (SSSR count). The van der Waals surface area contributed by atoms with Gasteiger partial charge in [-0.15, -0.1) is 10.2 Å². The van der Waals surface area contributed by atoms with E-state index < -0.39 is 0 Å². The lowest BCUT2D eigenvalue weighted by Gasteiger charge is -2.06. The molecule has 0 unspecified atom stereocenters. The van der Waals surface area contributed by atoms with Crippen LogP contribution in [0.2, 0.25) is 0 Å². The van der Waals surface area contributed by atoms with Crippen LogP contribution in [-0.4, -0.2) is 10.2 Å². The largest absolute Gasteiger partial charge is 0.150 e. The Morgan fingerprint density at radius 1 is 0.684 bits per heavy atom. The van der Waals surface area contributed by atoms with Gasteiger partial charge in [0.05, 0.1) is 11.4 Å². The summed E-state index contributed by atoms with van der Waals surface area (Å²) in [6.07, 6.45) is 0. The number of aryl methyl sites for hydroxylation is 1. The van der Waals surface area contributed by atoms with Gasteiger partial charge in [-0.1, -0.05) is 60.7 Å². The Morgan fingerprint density at radius 2 is 1.26 bits per heavy atom. The van der Waals surface area contributed by atoms with Crippen molar-refractivity contribution in [2.45, 2.75) is 6.92 Å². The summed E-state index contributed by atoms with van der Waals surface area (Å²) in [5.41, 5.74) is 5.20. The molecule has 0 saturated carbocycles. The predicted molar refractivity (Wildman–Crippen MR) is 77.6 cm³/mol. The normalized spacial score (nSPS) is 10.4. The zero-order valence-corrected chi connectivity index (χ0v) is 10.7. The average molecular weight is 246 g/mol. The van der Waals surface area contributed by atoms with Crippen LogP contribution in [-0.2, 0) is 0 Å². The Labute approximate surface area is 112 Å². The number of aromatic nitrogens is 2. The molecule has 2 heteroatoms. The molecule has 0 saturated heterocycles. The maximum Gasteiger partial charge on any atom is 0.0959 e. The fourth-order valence-electron chi connectivity index (χ4n) is 2.12. The minimum absolute atomic E-state index is 0.915. The molecule has 0 bridgehead atoms. The second kappa shape index (κ2) is 5.02. The molecule has 3 aromatic rings. The summed E-state index contributed by atoms with van der Waals surface area (Å²) in [7, 11) is 0. The molecule has 92 valence electrons. The first-order chi connectivity index (χ1) is 9.34. The highest BCUT2D eigenvalue weighted by Crippen LogP contribution is 2.23. The number of hydrogen-bond donors (Lipinski definition) is 0. The van der Waals surface area contributed by atoms with Gasteiger partial charge in [0, 0.05) is 11.1 Å². The molecule has 1 heterocycles. The highest BCUT2D eigenvalue weighted by atomic mass is 15.1. The van der Waals surface area contributed by atoms with Crippen molar-refractivity contribution >= 4 is 0 Å². The summed E-state index contributed by atoms with van der Waals surface area (Å²) < 4.78 is 0. The van der Waals surface area contributed by atoms with E-state index in [1.807, 2.05) is 48.5 Å². The van der Waals surface area contributed by atoms with Crippen LogP contribution in [0.25, 0.3) is 22.5 Å². The van der Waals surface area contributed by atoms with Gasteiger partial charge in [0.2, 0.25) is 0 Å². The third-order valence-electron chi connectivity index (χ3n) is 3.10. The van der Waals surface area contributed by atoms with Crippen LogP contribution in [0.3, 0.4) is 0 Å². The highest BCUT2D eigenvalue weighted by Gasteiger charge is 2.06. The van der Waals surface area contributed by atoms with Gasteiger partial charge in [-0.05, 0) is 18.6 Å². The van der Waals surface area contributed by atoms with Crippen molar-refractivity contribution in [1.82, 2.24) is 10.2 Å². The van der Waals surface area contributed by atoms with E-state index in [0.717, 1.165) is 28.1 Å².